The molecule has 0 aromatic rings. The second kappa shape index (κ2) is 6.13. The topological polar surface area (TPSA) is 58.5 Å². The molecule has 1 aliphatic rings. The maximum Gasteiger partial charge on any atom is 0.238 e. The lowest BCUT2D eigenvalue weighted by molar-refractivity contribution is -0.131. The van der Waals surface area contributed by atoms with Crippen LogP contribution in [0.15, 0.2) is 16.8 Å². The minimum absolute atomic E-state index is 0.213. The number of carbonyl (C=O) groups is 2. The van der Waals surface area contributed by atoms with Crippen molar-refractivity contribution in [1.82, 2.24) is 5.32 Å². The fraction of sp³-hybridized carbons (Fsp3) is 0.667. The van der Waals surface area contributed by atoms with Gasteiger partial charge in [0.15, 0.2) is 0 Å². The van der Waals surface area contributed by atoms with Gasteiger partial charge in [0.2, 0.25) is 11.8 Å². The van der Waals surface area contributed by atoms with Crippen LogP contribution in [0.25, 0.3) is 0 Å². The average Bonchev–Trinajstić information content (AvgIpc) is 2.99. The van der Waals surface area contributed by atoms with Crippen molar-refractivity contribution in [2.45, 2.75) is 53.9 Å². The summed E-state index contributed by atoms with van der Waals surface area (Å²) in [5.74, 6) is -0.278. The Morgan fingerprint density at radius 3 is 2.37 bits per heavy atom. The molecule has 4 heteroatoms. The molecule has 2 amide bonds. The number of allylic oxidation sites excluding steroid dienone is 1. The van der Waals surface area contributed by atoms with Crippen LogP contribution >= 0.6 is 0 Å². The number of imide groups is 1. The minimum atomic E-state index is -0.575. The van der Waals surface area contributed by atoms with Crippen molar-refractivity contribution in [3.8, 4) is 0 Å². The lowest BCUT2D eigenvalue weighted by atomic mass is 9.97. The standard InChI is InChI=1S/C15H24N2O2/c1-6-7-10(2)9-16-12(4)15(8-11(15)3)14(19)17-13(5)18/h9,11H,6-8H2,1-5H3,(H,17,18,19)/b10-9-,16-12?. The van der Waals surface area contributed by atoms with Crippen LogP contribution in [0.2, 0.25) is 0 Å². The molecule has 0 spiro atoms. The summed E-state index contributed by atoms with van der Waals surface area (Å²) in [6.45, 7) is 9.41. The largest absolute Gasteiger partial charge is 0.296 e. The monoisotopic (exact) mass is 264 g/mol. The Morgan fingerprint density at radius 1 is 1.37 bits per heavy atom. The highest BCUT2D eigenvalue weighted by atomic mass is 16.2. The van der Waals surface area contributed by atoms with Gasteiger partial charge in [0.25, 0.3) is 0 Å². The van der Waals surface area contributed by atoms with Crippen LogP contribution in [0.3, 0.4) is 0 Å². The predicted molar refractivity (Wildman–Crippen MR) is 76.8 cm³/mol. The molecule has 19 heavy (non-hydrogen) atoms. The lowest BCUT2D eigenvalue weighted by Gasteiger charge is -2.14. The van der Waals surface area contributed by atoms with E-state index in [-0.39, 0.29) is 17.7 Å². The first-order valence-corrected chi connectivity index (χ1v) is 6.87. The second-order valence-electron chi connectivity index (χ2n) is 5.53. The molecule has 106 valence electrons. The van der Waals surface area contributed by atoms with Gasteiger partial charge in [-0.15, -0.1) is 0 Å². The minimum Gasteiger partial charge on any atom is -0.296 e. The number of carbonyl (C=O) groups excluding carboxylic acids is 2. The Labute approximate surface area is 115 Å². The molecule has 1 N–H and O–H groups in total. The Kier molecular flexibility index (Phi) is 5.04. The third kappa shape index (κ3) is 3.52. The van der Waals surface area contributed by atoms with Crippen LogP contribution < -0.4 is 5.32 Å². The molecular formula is C15H24N2O2. The van der Waals surface area contributed by atoms with Gasteiger partial charge in [0, 0.05) is 18.8 Å². The maximum absolute atomic E-state index is 12.1. The highest BCUT2D eigenvalue weighted by molar-refractivity contribution is 6.14. The van der Waals surface area contributed by atoms with Gasteiger partial charge >= 0.3 is 0 Å². The highest BCUT2D eigenvalue weighted by Gasteiger charge is 2.59. The van der Waals surface area contributed by atoms with Crippen LogP contribution in [0.4, 0.5) is 0 Å². The summed E-state index contributed by atoms with van der Waals surface area (Å²) in [4.78, 5) is 27.6. The van der Waals surface area contributed by atoms with Gasteiger partial charge in [-0.25, -0.2) is 0 Å². The van der Waals surface area contributed by atoms with Crippen LogP contribution in [0.5, 0.6) is 0 Å². The first-order chi connectivity index (χ1) is 8.84. The molecule has 4 nitrogen and oxygen atoms in total. The van der Waals surface area contributed by atoms with Gasteiger partial charge < -0.3 is 0 Å². The van der Waals surface area contributed by atoms with E-state index in [1.165, 1.54) is 12.5 Å². The van der Waals surface area contributed by atoms with Crippen LogP contribution in [-0.4, -0.2) is 17.5 Å². The fourth-order valence-electron chi connectivity index (χ4n) is 2.46. The molecule has 0 bridgehead atoms. The Hall–Kier alpha value is -1.45. The van der Waals surface area contributed by atoms with Crippen molar-refractivity contribution in [3.63, 3.8) is 0 Å². The Balaban J connectivity index is 2.86. The number of aliphatic imine (C=N–C) groups is 1. The van der Waals surface area contributed by atoms with E-state index >= 15 is 0 Å². The summed E-state index contributed by atoms with van der Waals surface area (Å²) < 4.78 is 0. The van der Waals surface area contributed by atoms with Gasteiger partial charge in [-0.1, -0.05) is 25.8 Å². The number of nitrogens with one attached hydrogen (secondary N) is 1. The molecule has 0 heterocycles. The van der Waals surface area contributed by atoms with Gasteiger partial charge in [-0.2, -0.15) is 0 Å². The van der Waals surface area contributed by atoms with Gasteiger partial charge in [0.05, 0.1) is 5.41 Å². The lowest BCUT2D eigenvalue weighted by Crippen LogP contribution is -2.39. The molecule has 1 aliphatic carbocycles. The van der Waals surface area contributed by atoms with Crippen molar-refractivity contribution >= 4 is 17.5 Å². The first kappa shape index (κ1) is 15.6. The number of nitrogens with zero attached hydrogens (tertiary/aromatic N) is 1. The predicted octanol–water partition coefficient (Wildman–Crippen LogP) is 2.84. The smallest absolute Gasteiger partial charge is 0.238 e. The molecule has 0 saturated heterocycles. The van der Waals surface area contributed by atoms with Crippen molar-refractivity contribution in [3.05, 3.63) is 11.8 Å². The van der Waals surface area contributed by atoms with E-state index in [0.29, 0.717) is 0 Å². The highest BCUT2D eigenvalue weighted by Crippen LogP contribution is 2.53. The van der Waals surface area contributed by atoms with E-state index in [0.717, 1.165) is 25.0 Å². The van der Waals surface area contributed by atoms with Crippen molar-refractivity contribution in [2.24, 2.45) is 16.3 Å². The number of hydrogen-bond acceptors (Lipinski definition) is 3. The normalized spacial score (nSPS) is 27.1. The van der Waals surface area contributed by atoms with Crippen LogP contribution in [0.1, 0.15) is 53.9 Å². The van der Waals surface area contributed by atoms with Crippen molar-refractivity contribution in [1.29, 1.82) is 0 Å². The summed E-state index contributed by atoms with van der Waals surface area (Å²) in [5, 5.41) is 2.39. The van der Waals surface area contributed by atoms with Gasteiger partial charge in [-0.05, 0) is 32.6 Å². The number of amides is 2. The van der Waals surface area contributed by atoms with E-state index in [9.17, 15) is 9.59 Å². The van der Waals surface area contributed by atoms with E-state index in [2.05, 4.69) is 17.2 Å². The van der Waals surface area contributed by atoms with Crippen molar-refractivity contribution in [2.75, 3.05) is 0 Å². The zero-order chi connectivity index (χ0) is 14.6. The van der Waals surface area contributed by atoms with Gasteiger partial charge in [-0.3, -0.25) is 19.9 Å². The summed E-state index contributed by atoms with van der Waals surface area (Å²) in [6, 6.07) is 0. The molecule has 1 fully saturated rings. The van der Waals surface area contributed by atoms with E-state index in [1.807, 2.05) is 27.0 Å². The summed E-state index contributed by atoms with van der Waals surface area (Å²) in [6.07, 6.45) is 4.71. The zero-order valence-electron chi connectivity index (χ0n) is 12.5. The second-order valence-corrected chi connectivity index (χ2v) is 5.53. The zero-order valence-corrected chi connectivity index (χ0v) is 12.5. The molecule has 2 unspecified atom stereocenters. The molecular weight excluding hydrogens is 240 g/mol. The van der Waals surface area contributed by atoms with E-state index < -0.39 is 5.41 Å². The fourth-order valence-corrected chi connectivity index (χ4v) is 2.46. The van der Waals surface area contributed by atoms with Crippen LogP contribution in [-0.2, 0) is 9.59 Å². The molecule has 1 saturated carbocycles. The molecule has 0 aromatic carbocycles. The average molecular weight is 264 g/mol. The molecule has 0 aliphatic heterocycles. The molecule has 1 rings (SSSR count). The summed E-state index contributed by atoms with van der Waals surface area (Å²) in [5.41, 5.74) is 1.43. The molecule has 0 radical (unpaired) electrons. The SMILES string of the molecule is CCC/C(C)=C\N=C(C)C1(C(=O)NC(C)=O)CC1C. The molecule has 0 aromatic heterocycles. The molecule has 2 atom stereocenters. The maximum atomic E-state index is 12.1. The van der Waals surface area contributed by atoms with E-state index in [4.69, 9.17) is 0 Å². The third-order valence-electron chi connectivity index (χ3n) is 3.77. The Morgan fingerprint density at radius 2 is 1.95 bits per heavy atom. The number of hydrogen-bond donors (Lipinski definition) is 1. The quantitative estimate of drug-likeness (QED) is 0.776. The first-order valence-electron chi connectivity index (χ1n) is 6.87. The summed E-state index contributed by atoms with van der Waals surface area (Å²) >= 11 is 0. The van der Waals surface area contributed by atoms with Crippen LogP contribution in [0, 0.1) is 11.3 Å². The van der Waals surface area contributed by atoms with E-state index in [1.54, 1.807) is 0 Å². The van der Waals surface area contributed by atoms with Gasteiger partial charge in [0.1, 0.15) is 0 Å². The third-order valence-corrected chi connectivity index (χ3v) is 3.77. The number of rotatable bonds is 5. The Bertz CT molecular complexity index is 437. The van der Waals surface area contributed by atoms with Crippen molar-refractivity contribution < 1.29 is 9.59 Å². The summed E-state index contributed by atoms with van der Waals surface area (Å²) in [7, 11) is 0.